The molecule has 0 bridgehead atoms. The summed E-state index contributed by atoms with van der Waals surface area (Å²) in [6.07, 6.45) is 2.75. The second kappa shape index (κ2) is 8.51. The molecule has 1 aromatic carbocycles. The van der Waals surface area contributed by atoms with Gasteiger partial charge in [0.15, 0.2) is 0 Å². The van der Waals surface area contributed by atoms with Crippen LogP contribution < -0.4 is 10.1 Å². The van der Waals surface area contributed by atoms with Gasteiger partial charge in [-0.05, 0) is 54.4 Å². The Bertz CT molecular complexity index is 464. The number of hydrogen-bond acceptors (Lipinski definition) is 3. The summed E-state index contributed by atoms with van der Waals surface area (Å²) in [7, 11) is 0. The van der Waals surface area contributed by atoms with Crippen LogP contribution in [0, 0.1) is 0 Å². The van der Waals surface area contributed by atoms with Gasteiger partial charge in [-0.25, -0.2) is 0 Å². The molecule has 1 aromatic rings. The Morgan fingerprint density at radius 2 is 2.05 bits per heavy atom. The summed E-state index contributed by atoms with van der Waals surface area (Å²) in [4.78, 5) is 2.56. The van der Waals surface area contributed by atoms with Gasteiger partial charge in [0.1, 0.15) is 5.75 Å². The smallest absolute Gasteiger partial charge is 0.138 e. The minimum atomic E-state index is 0.679. The standard InChI is InChI=1S/C16H24Br2N2O/c1-3-20(14-5-6-14)8-7-19-11-12-9-13(17)10-15(18)16(12)21-4-2/h9-10,14,19H,3-8,11H2,1-2H3. The Morgan fingerprint density at radius 3 is 2.67 bits per heavy atom. The third-order valence-corrected chi connectivity index (χ3v) is 4.78. The molecule has 0 spiro atoms. The SMILES string of the molecule is CCOc1c(Br)cc(Br)cc1CNCCN(CC)C1CC1. The molecule has 1 N–H and O–H groups in total. The molecule has 0 radical (unpaired) electrons. The minimum Gasteiger partial charge on any atom is -0.492 e. The molecule has 118 valence electrons. The number of rotatable bonds is 9. The normalized spacial score (nSPS) is 14.7. The van der Waals surface area contributed by atoms with Gasteiger partial charge in [-0.2, -0.15) is 0 Å². The molecule has 1 aliphatic carbocycles. The average molecular weight is 420 g/mol. The summed E-state index contributed by atoms with van der Waals surface area (Å²) in [5, 5.41) is 3.54. The number of nitrogens with one attached hydrogen (secondary N) is 1. The van der Waals surface area contributed by atoms with Crippen LogP contribution in [0.1, 0.15) is 32.3 Å². The maximum atomic E-state index is 5.75. The highest BCUT2D eigenvalue weighted by atomic mass is 79.9. The Hall–Kier alpha value is -0.100. The first-order valence-corrected chi connectivity index (χ1v) is 9.29. The van der Waals surface area contributed by atoms with Crippen molar-refractivity contribution in [2.45, 2.75) is 39.3 Å². The zero-order chi connectivity index (χ0) is 15.2. The summed E-state index contributed by atoms with van der Waals surface area (Å²) < 4.78 is 7.83. The van der Waals surface area contributed by atoms with Gasteiger partial charge >= 0.3 is 0 Å². The van der Waals surface area contributed by atoms with E-state index in [1.54, 1.807) is 0 Å². The third kappa shape index (κ3) is 5.23. The fourth-order valence-electron chi connectivity index (χ4n) is 2.54. The zero-order valence-corrected chi connectivity index (χ0v) is 16.0. The van der Waals surface area contributed by atoms with Gasteiger partial charge in [0.05, 0.1) is 11.1 Å². The van der Waals surface area contributed by atoms with E-state index in [4.69, 9.17) is 4.74 Å². The van der Waals surface area contributed by atoms with Crippen LogP contribution in [0.25, 0.3) is 0 Å². The molecular formula is C16H24Br2N2O. The van der Waals surface area contributed by atoms with Gasteiger partial charge < -0.3 is 10.1 Å². The number of benzene rings is 1. The van der Waals surface area contributed by atoms with E-state index in [1.807, 2.05) is 13.0 Å². The first kappa shape index (κ1) is 17.3. The summed E-state index contributed by atoms with van der Waals surface area (Å²) in [6, 6.07) is 5.00. The second-order valence-corrected chi connectivity index (χ2v) is 7.12. The Labute approximate surface area is 144 Å². The Morgan fingerprint density at radius 1 is 1.29 bits per heavy atom. The molecule has 1 saturated carbocycles. The molecule has 0 atom stereocenters. The molecule has 1 fully saturated rings. The maximum Gasteiger partial charge on any atom is 0.138 e. The molecule has 2 rings (SSSR count). The van der Waals surface area contributed by atoms with Crippen LogP contribution in [0.2, 0.25) is 0 Å². The molecule has 21 heavy (non-hydrogen) atoms. The highest BCUT2D eigenvalue weighted by Crippen LogP contribution is 2.33. The molecule has 3 nitrogen and oxygen atoms in total. The molecule has 0 aromatic heterocycles. The van der Waals surface area contributed by atoms with Crippen molar-refractivity contribution in [2.24, 2.45) is 0 Å². The minimum absolute atomic E-state index is 0.679. The lowest BCUT2D eigenvalue weighted by Crippen LogP contribution is -2.33. The predicted octanol–water partition coefficient (Wildman–Crippen LogP) is 4.18. The largest absolute Gasteiger partial charge is 0.492 e. The van der Waals surface area contributed by atoms with E-state index in [0.29, 0.717) is 6.61 Å². The van der Waals surface area contributed by atoms with Crippen LogP contribution in [0.15, 0.2) is 21.1 Å². The Balaban J connectivity index is 1.86. The van der Waals surface area contributed by atoms with E-state index in [-0.39, 0.29) is 0 Å². The van der Waals surface area contributed by atoms with Crippen LogP contribution in [0.5, 0.6) is 5.75 Å². The number of halogens is 2. The monoisotopic (exact) mass is 418 g/mol. The van der Waals surface area contributed by atoms with Crippen molar-refractivity contribution in [1.82, 2.24) is 10.2 Å². The number of likely N-dealkylation sites (N-methyl/N-ethyl adjacent to an activating group) is 1. The third-order valence-electron chi connectivity index (χ3n) is 3.73. The van der Waals surface area contributed by atoms with Crippen LogP contribution >= 0.6 is 31.9 Å². The fraction of sp³-hybridized carbons (Fsp3) is 0.625. The molecular weight excluding hydrogens is 396 g/mol. The Kier molecular flexibility index (Phi) is 6.99. The average Bonchev–Trinajstić information content (AvgIpc) is 3.27. The molecule has 1 aliphatic rings. The molecule has 0 amide bonds. The summed E-state index contributed by atoms with van der Waals surface area (Å²) >= 11 is 7.13. The molecule has 0 aliphatic heterocycles. The van der Waals surface area contributed by atoms with E-state index in [9.17, 15) is 0 Å². The van der Waals surface area contributed by atoms with Crippen molar-refractivity contribution >= 4 is 31.9 Å². The first-order valence-electron chi connectivity index (χ1n) is 7.71. The summed E-state index contributed by atoms with van der Waals surface area (Å²) in [6.45, 7) is 9.06. The summed E-state index contributed by atoms with van der Waals surface area (Å²) in [5.74, 6) is 0.947. The first-order chi connectivity index (χ1) is 10.2. The van der Waals surface area contributed by atoms with Crippen molar-refractivity contribution in [3.63, 3.8) is 0 Å². The van der Waals surface area contributed by atoms with E-state index in [1.165, 1.54) is 18.4 Å². The summed E-state index contributed by atoms with van der Waals surface area (Å²) in [5.41, 5.74) is 1.19. The van der Waals surface area contributed by atoms with Crippen molar-refractivity contribution in [2.75, 3.05) is 26.2 Å². The lowest BCUT2D eigenvalue weighted by molar-refractivity contribution is 0.276. The zero-order valence-electron chi connectivity index (χ0n) is 12.8. The molecule has 0 unspecified atom stereocenters. The lowest BCUT2D eigenvalue weighted by atomic mass is 10.2. The molecule has 0 heterocycles. The topological polar surface area (TPSA) is 24.5 Å². The van der Waals surface area contributed by atoms with E-state index in [2.05, 4.69) is 55.1 Å². The van der Waals surface area contributed by atoms with Gasteiger partial charge in [0.2, 0.25) is 0 Å². The fourth-order valence-corrected chi connectivity index (χ4v) is 3.96. The molecule has 5 heteroatoms. The number of hydrogen-bond donors (Lipinski definition) is 1. The highest BCUT2D eigenvalue weighted by Gasteiger charge is 2.27. The number of nitrogens with zero attached hydrogens (tertiary/aromatic N) is 1. The maximum absolute atomic E-state index is 5.75. The van der Waals surface area contributed by atoms with E-state index >= 15 is 0 Å². The van der Waals surface area contributed by atoms with Crippen molar-refractivity contribution < 1.29 is 4.74 Å². The number of ether oxygens (including phenoxy) is 1. The lowest BCUT2D eigenvalue weighted by Gasteiger charge is -2.20. The van der Waals surface area contributed by atoms with Crippen molar-refractivity contribution in [1.29, 1.82) is 0 Å². The van der Waals surface area contributed by atoms with E-state index < -0.39 is 0 Å². The predicted molar refractivity (Wildman–Crippen MR) is 95.0 cm³/mol. The highest BCUT2D eigenvalue weighted by molar-refractivity contribution is 9.11. The van der Waals surface area contributed by atoms with Crippen LogP contribution in [0.3, 0.4) is 0 Å². The van der Waals surface area contributed by atoms with Crippen molar-refractivity contribution in [3.8, 4) is 5.75 Å². The van der Waals surface area contributed by atoms with Gasteiger partial charge in [-0.15, -0.1) is 0 Å². The van der Waals surface area contributed by atoms with Crippen LogP contribution in [-0.2, 0) is 6.54 Å². The van der Waals surface area contributed by atoms with Crippen LogP contribution in [-0.4, -0.2) is 37.2 Å². The van der Waals surface area contributed by atoms with Gasteiger partial charge in [-0.3, -0.25) is 4.90 Å². The van der Waals surface area contributed by atoms with Crippen molar-refractivity contribution in [3.05, 3.63) is 26.6 Å². The molecule has 0 saturated heterocycles. The van der Waals surface area contributed by atoms with Gasteiger partial charge in [0.25, 0.3) is 0 Å². The van der Waals surface area contributed by atoms with Crippen LogP contribution in [0.4, 0.5) is 0 Å². The van der Waals surface area contributed by atoms with Gasteiger partial charge in [-0.1, -0.05) is 22.9 Å². The van der Waals surface area contributed by atoms with E-state index in [0.717, 1.165) is 46.9 Å². The quantitative estimate of drug-likeness (QED) is 0.607. The second-order valence-electron chi connectivity index (χ2n) is 5.35. The van der Waals surface area contributed by atoms with Gasteiger partial charge in [0, 0.05) is 35.7 Å².